The van der Waals surface area contributed by atoms with Crippen molar-refractivity contribution in [2.24, 2.45) is 0 Å². The number of rotatable bonds is 4. The molecule has 0 saturated heterocycles. The summed E-state index contributed by atoms with van der Waals surface area (Å²) in [6.45, 7) is 4.23. The van der Waals surface area contributed by atoms with Gasteiger partial charge >= 0.3 is 5.97 Å². The van der Waals surface area contributed by atoms with Gasteiger partial charge in [-0.05, 0) is 43.2 Å². The van der Waals surface area contributed by atoms with E-state index in [1.165, 1.54) is 11.8 Å². The number of hydrogen-bond acceptors (Lipinski definition) is 3. The second-order valence-corrected chi connectivity index (χ2v) is 4.35. The Hall–Kier alpha value is -2.36. The number of ether oxygens (including phenoxy) is 1. The lowest BCUT2D eigenvalue weighted by atomic mass is 10.1. The van der Waals surface area contributed by atoms with Gasteiger partial charge in [-0.3, -0.25) is 0 Å². The number of carbonyl (C=O) groups is 1. The molecule has 19 heavy (non-hydrogen) atoms. The molecule has 4 nitrogen and oxygen atoms in total. The van der Waals surface area contributed by atoms with Crippen LogP contribution in [0.15, 0.2) is 36.5 Å². The summed E-state index contributed by atoms with van der Waals surface area (Å²) in [5.74, 6) is -0.317. The molecular formula is C15H15NO3. The largest absolute Gasteiger partial charge is 0.489 e. The Balaban J connectivity index is 2.14. The molecule has 1 N–H and O–H groups in total. The molecule has 98 valence electrons. The number of benzene rings is 1. The average Bonchev–Trinajstić information content (AvgIpc) is 2.40. The van der Waals surface area contributed by atoms with Crippen molar-refractivity contribution in [1.29, 1.82) is 0 Å². The highest BCUT2D eigenvalue weighted by Gasteiger charge is 2.11. The summed E-state index contributed by atoms with van der Waals surface area (Å²) in [4.78, 5) is 14.9. The Kier molecular flexibility index (Phi) is 3.80. The Morgan fingerprint density at radius 3 is 2.74 bits per heavy atom. The van der Waals surface area contributed by atoms with E-state index in [4.69, 9.17) is 9.84 Å². The molecule has 1 aromatic carbocycles. The summed E-state index contributed by atoms with van der Waals surface area (Å²) in [6, 6.07) is 9.19. The molecule has 4 heteroatoms. The van der Waals surface area contributed by atoms with Gasteiger partial charge in [0.15, 0.2) is 5.69 Å². The van der Waals surface area contributed by atoms with Crippen LogP contribution in [0.4, 0.5) is 0 Å². The molecule has 0 radical (unpaired) electrons. The molecule has 0 aliphatic rings. The summed E-state index contributed by atoms with van der Waals surface area (Å²) >= 11 is 0. The lowest BCUT2D eigenvalue weighted by Gasteiger charge is -2.09. The zero-order chi connectivity index (χ0) is 13.8. The number of carboxylic acid groups (broad SMARTS) is 1. The maximum absolute atomic E-state index is 11.0. The van der Waals surface area contributed by atoms with E-state index in [1.807, 2.05) is 32.0 Å². The third-order valence-electron chi connectivity index (χ3n) is 2.97. The summed E-state index contributed by atoms with van der Waals surface area (Å²) in [5, 5.41) is 9.03. The van der Waals surface area contributed by atoms with Crippen molar-refractivity contribution in [1.82, 2.24) is 4.98 Å². The van der Waals surface area contributed by atoms with Crippen molar-refractivity contribution in [3.63, 3.8) is 0 Å². The van der Waals surface area contributed by atoms with E-state index >= 15 is 0 Å². The van der Waals surface area contributed by atoms with E-state index in [9.17, 15) is 4.79 Å². The van der Waals surface area contributed by atoms with Crippen molar-refractivity contribution in [2.75, 3.05) is 0 Å². The van der Waals surface area contributed by atoms with E-state index in [2.05, 4.69) is 4.98 Å². The molecule has 0 unspecified atom stereocenters. The minimum Gasteiger partial charge on any atom is -0.489 e. The van der Waals surface area contributed by atoms with Gasteiger partial charge in [0.1, 0.15) is 12.4 Å². The zero-order valence-electron chi connectivity index (χ0n) is 10.9. The second-order valence-electron chi connectivity index (χ2n) is 4.35. The van der Waals surface area contributed by atoms with Gasteiger partial charge in [-0.25, -0.2) is 9.78 Å². The number of nitrogens with zero attached hydrogens (tertiary/aromatic N) is 1. The lowest BCUT2D eigenvalue weighted by Crippen LogP contribution is -2.07. The van der Waals surface area contributed by atoms with Gasteiger partial charge in [-0.15, -0.1) is 0 Å². The molecule has 0 aliphatic carbocycles. The second kappa shape index (κ2) is 5.52. The van der Waals surface area contributed by atoms with Gasteiger partial charge in [0.2, 0.25) is 0 Å². The Bertz CT molecular complexity index is 608. The summed E-state index contributed by atoms with van der Waals surface area (Å²) in [5.41, 5.74) is 2.93. The molecule has 0 bridgehead atoms. The average molecular weight is 257 g/mol. The minimum atomic E-state index is -1.04. The molecule has 0 atom stereocenters. The quantitative estimate of drug-likeness (QED) is 0.914. The fourth-order valence-corrected chi connectivity index (χ4v) is 1.71. The van der Waals surface area contributed by atoms with Crippen LogP contribution < -0.4 is 4.74 Å². The third kappa shape index (κ3) is 3.10. The molecule has 0 fully saturated rings. The molecule has 2 rings (SSSR count). The van der Waals surface area contributed by atoms with Gasteiger partial charge in [0, 0.05) is 11.8 Å². The van der Waals surface area contributed by atoms with E-state index in [0.717, 1.165) is 11.3 Å². The van der Waals surface area contributed by atoms with Crippen LogP contribution >= 0.6 is 0 Å². The first kappa shape index (κ1) is 13.1. The molecule has 0 saturated carbocycles. The van der Waals surface area contributed by atoms with Gasteiger partial charge in [-0.1, -0.05) is 12.1 Å². The number of hydrogen-bond donors (Lipinski definition) is 1. The van der Waals surface area contributed by atoms with Crippen molar-refractivity contribution in [2.45, 2.75) is 20.5 Å². The standard InChI is InChI=1S/C15H15NO3/c1-10-5-6-13(8-11(10)2)19-9-12-4-3-7-16-14(12)15(17)18/h3-8H,9H2,1-2H3,(H,17,18). The Morgan fingerprint density at radius 1 is 1.26 bits per heavy atom. The van der Waals surface area contributed by atoms with E-state index in [0.29, 0.717) is 5.56 Å². The van der Waals surface area contributed by atoms with E-state index in [1.54, 1.807) is 12.1 Å². The topological polar surface area (TPSA) is 59.4 Å². The molecule has 1 aromatic heterocycles. The Morgan fingerprint density at radius 2 is 2.05 bits per heavy atom. The SMILES string of the molecule is Cc1ccc(OCc2cccnc2C(=O)O)cc1C. The summed E-state index contributed by atoms with van der Waals surface area (Å²) in [7, 11) is 0. The van der Waals surface area contributed by atoms with Gasteiger partial charge in [-0.2, -0.15) is 0 Å². The summed E-state index contributed by atoms with van der Waals surface area (Å²) in [6.07, 6.45) is 1.46. The third-order valence-corrected chi connectivity index (χ3v) is 2.97. The van der Waals surface area contributed by atoms with Crippen LogP contribution in [-0.4, -0.2) is 16.1 Å². The maximum Gasteiger partial charge on any atom is 0.354 e. The van der Waals surface area contributed by atoms with Crippen molar-refractivity contribution < 1.29 is 14.6 Å². The zero-order valence-corrected chi connectivity index (χ0v) is 10.9. The highest BCUT2D eigenvalue weighted by molar-refractivity contribution is 5.86. The molecular weight excluding hydrogens is 242 g/mol. The van der Waals surface area contributed by atoms with Gasteiger partial charge in [0.05, 0.1) is 0 Å². The van der Waals surface area contributed by atoms with Crippen molar-refractivity contribution >= 4 is 5.97 Å². The Labute approximate surface area is 111 Å². The minimum absolute atomic E-state index is 0.0336. The summed E-state index contributed by atoms with van der Waals surface area (Å²) < 4.78 is 5.62. The van der Waals surface area contributed by atoms with E-state index in [-0.39, 0.29) is 12.3 Å². The highest BCUT2D eigenvalue weighted by Crippen LogP contribution is 2.18. The van der Waals surface area contributed by atoms with Crippen LogP contribution in [0.25, 0.3) is 0 Å². The highest BCUT2D eigenvalue weighted by atomic mass is 16.5. The molecule has 1 heterocycles. The van der Waals surface area contributed by atoms with Crippen molar-refractivity contribution in [3.8, 4) is 5.75 Å². The first-order valence-corrected chi connectivity index (χ1v) is 5.95. The first-order chi connectivity index (χ1) is 9.08. The van der Waals surface area contributed by atoms with Gasteiger partial charge in [0.25, 0.3) is 0 Å². The fraction of sp³-hybridized carbons (Fsp3) is 0.200. The molecule has 0 amide bonds. The monoisotopic (exact) mass is 257 g/mol. The smallest absolute Gasteiger partial charge is 0.354 e. The molecule has 0 aliphatic heterocycles. The predicted octanol–water partition coefficient (Wildman–Crippen LogP) is 2.98. The van der Waals surface area contributed by atoms with Crippen LogP contribution in [0.3, 0.4) is 0 Å². The van der Waals surface area contributed by atoms with Crippen LogP contribution in [0.2, 0.25) is 0 Å². The maximum atomic E-state index is 11.0. The molecule has 0 spiro atoms. The number of pyridine rings is 1. The van der Waals surface area contributed by atoms with Crippen LogP contribution in [0.1, 0.15) is 27.2 Å². The van der Waals surface area contributed by atoms with Crippen LogP contribution in [0, 0.1) is 13.8 Å². The predicted molar refractivity (Wildman–Crippen MR) is 71.4 cm³/mol. The number of aromatic carboxylic acids is 1. The van der Waals surface area contributed by atoms with Crippen LogP contribution in [-0.2, 0) is 6.61 Å². The number of carboxylic acids is 1. The van der Waals surface area contributed by atoms with E-state index < -0.39 is 5.97 Å². The van der Waals surface area contributed by atoms with Crippen molar-refractivity contribution in [3.05, 3.63) is 58.9 Å². The normalized spacial score (nSPS) is 10.2. The first-order valence-electron chi connectivity index (χ1n) is 5.95. The lowest BCUT2D eigenvalue weighted by molar-refractivity contribution is 0.0687. The van der Waals surface area contributed by atoms with Gasteiger partial charge < -0.3 is 9.84 Å². The van der Waals surface area contributed by atoms with Crippen LogP contribution in [0.5, 0.6) is 5.75 Å². The number of aromatic nitrogens is 1. The fourth-order valence-electron chi connectivity index (χ4n) is 1.71. The number of aryl methyl sites for hydroxylation is 2. The molecule has 2 aromatic rings.